The van der Waals surface area contributed by atoms with Crippen LogP contribution in [-0.2, 0) is 4.79 Å². The first-order chi connectivity index (χ1) is 11.2. The normalized spacial score (nSPS) is 11.0. The molecule has 0 aliphatic carbocycles. The van der Waals surface area contributed by atoms with Gasteiger partial charge in [0, 0.05) is 26.0 Å². The fourth-order valence-corrected chi connectivity index (χ4v) is 2.09. The molecule has 1 amide bonds. The molecule has 1 aromatic heterocycles. The summed E-state index contributed by atoms with van der Waals surface area (Å²) in [4.78, 5) is 31.2. The highest BCUT2D eigenvalue weighted by atomic mass is 16.4. The van der Waals surface area contributed by atoms with E-state index in [1.807, 2.05) is 42.3 Å². The molecule has 0 bridgehead atoms. The van der Waals surface area contributed by atoms with E-state index in [4.69, 9.17) is 0 Å². The van der Waals surface area contributed by atoms with E-state index in [1.165, 1.54) is 32.0 Å². The largest absolute Gasteiger partial charge is 0.480 e. The molecule has 6 nitrogen and oxygen atoms in total. The van der Waals surface area contributed by atoms with E-state index < -0.39 is 11.5 Å². The Kier molecular flexibility index (Phi) is 4.87. The summed E-state index contributed by atoms with van der Waals surface area (Å²) in [5.41, 5.74) is 0.0292. The minimum Gasteiger partial charge on any atom is -0.480 e. The van der Waals surface area contributed by atoms with Crippen LogP contribution in [0.4, 0.5) is 11.5 Å². The van der Waals surface area contributed by atoms with Crippen molar-refractivity contribution in [1.29, 1.82) is 0 Å². The zero-order valence-electron chi connectivity index (χ0n) is 14.2. The highest BCUT2D eigenvalue weighted by Crippen LogP contribution is 2.22. The van der Waals surface area contributed by atoms with Crippen molar-refractivity contribution >= 4 is 23.4 Å². The van der Waals surface area contributed by atoms with Gasteiger partial charge < -0.3 is 14.9 Å². The molecule has 0 aliphatic rings. The maximum atomic E-state index is 12.5. The van der Waals surface area contributed by atoms with Crippen molar-refractivity contribution in [2.75, 3.05) is 19.0 Å². The van der Waals surface area contributed by atoms with Crippen LogP contribution in [0.2, 0.25) is 0 Å². The summed E-state index contributed by atoms with van der Waals surface area (Å²) >= 11 is 0. The third kappa shape index (κ3) is 3.37. The smallest absolute Gasteiger partial charge is 0.329 e. The molecule has 0 spiro atoms. The first-order valence-corrected chi connectivity index (χ1v) is 7.51. The van der Waals surface area contributed by atoms with Gasteiger partial charge in [-0.05, 0) is 38.1 Å². The van der Waals surface area contributed by atoms with E-state index in [-0.39, 0.29) is 5.91 Å². The van der Waals surface area contributed by atoms with Gasteiger partial charge in [0.15, 0.2) is 0 Å². The summed E-state index contributed by atoms with van der Waals surface area (Å²) < 4.78 is 0. The van der Waals surface area contributed by atoms with E-state index >= 15 is 0 Å². The average Bonchev–Trinajstić information content (AvgIpc) is 2.60. The molecule has 126 valence electrons. The molecular weight excluding hydrogens is 306 g/mol. The molecule has 0 aliphatic heterocycles. The van der Waals surface area contributed by atoms with Gasteiger partial charge in [0.2, 0.25) is 0 Å². The van der Waals surface area contributed by atoms with Gasteiger partial charge >= 0.3 is 5.97 Å². The Morgan fingerprint density at radius 1 is 1.04 bits per heavy atom. The van der Waals surface area contributed by atoms with Crippen LogP contribution in [-0.4, -0.2) is 46.5 Å². The van der Waals surface area contributed by atoms with Crippen molar-refractivity contribution in [2.45, 2.75) is 19.4 Å². The van der Waals surface area contributed by atoms with Crippen LogP contribution in [0, 0.1) is 0 Å². The number of likely N-dealkylation sites (N-methyl/N-ethyl adjacent to an activating group) is 1. The number of aromatic nitrogens is 1. The van der Waals surface area contributed by atoms with Crippen molar-refractivity contribution in [3.63, 3.8) is 0 Å². The van der Waals surface area contributed by atoms with E-state index in [0.717, 1.165) is 5.69 Å². The molecule has 0 saturated heterocycles. The van der Waals surface area contributed by atoms with Gasteiger partial charge in [0.25, 0.3) is 5.91 Å². The maximum absolute atomic E-state index is 12.5. The topological polar surface area (TPSA) is 73.7 Å². The van der Waals surface area contributed by atoms with Crippen LogP contribution in [0.25, 0.3) is 0 Å². The average molecular weight is 327 g/mol. The minimum absolute atomic E-state index is 0.344. The number of carbonyl (C=O) groups is 2. The lowest BCUT2D eigenvalue weighted by molar-refractivity contribution is -0.147. The third-order valence-electron chi connectivity index (χ3n) is 4.15. The predicted molar refractivity (Wildman–Crippen MR) is 92.6 cm³/mol. The molecule has 1 N–H and O–H groups in total. The molecule has 0 saturated carbocycles. The highest BCUT2D eigenvalue weighted by molar-refractivity contribution is 5.97. The number of hydrogen-bond acceptors (Lipinski definition) is 4. The van der Waals surface area contributed by atoms with E-state index in [9.17, 15) is 14.7 Å². The summed E-state index contributed by atoms with van der Waals surface area (Å²) in [5, 5.41) is 9.23. The number of hydrogen-bond donors (Lipinski definition) is 1. The van der Waals surface area contributed by atoms with Crippen LogP contribution >= 0.6 is 0 Å². The Labute approximate surface area is 141 Å². The molecule has 2 aromatic rings. The number of pyridine rings is 1. The quantitative estimate of drug-likeness (QED) is 0.914. The number of nitrogens with zero attached hydrogens (tertiary/aromatic N) is 3. The van der Waals surface area contributed by atoms with Crippen molar-refractivity contribution in [3.05, 3.63) is 54.2 Å². The second kappa shape index (κ2) is 6.70. The second-order valence-electron chi connectivity index (χ2n) is 6.03. The maximum Gasteiger partial charge on any atom is 0.329 e. The number of rotatable bonds is 5. The summed E-state index contributed by atoms with van der Waals surface area (Å²) in [5.74, 6) is -0.756. The number of aliphatic carboxylic acids is 1. The van der Waals surface area contributed by atoms with E-state index in [0.29, 0.717) is 11.4 Å². The molecule has 6 heteroatoms. The van der Waals surface area contributed by atoms with Crippen molar-refractivity contribution in [3.8, 4) is 0 Å². The van der Waals surface area contributed by atoms with E-state index in [2.05, 4.69) is 4.98 Å². The zero-order valence-corrected chi connectivity index (χ0v) is 14.2. The molecular formula is C18H21N3O3. The number of benzene rings is 1. The fraction of sp³-hybridized carbons (Fsp3) is 0.278. The summed E-state index contributed by atoms with van der Waals surface area (Å²) in [6.07, 6.45) is 1.46. The Hall–Kier alpha value is -2.89. The Morgan fingerprint density at radius 2 is 1.67 bits per heavy atom. The van der Waals surface area contributed by atoms with Gasteiger partial charge in [-0.25, -0.2) is 9.78 Å². The number of carboxylic acids is 1. The van der Waals surface area contributed by atoms with Crippen molar-refractivity contribution < 1.29 is 14.7 Å². The van der Waals surface area contributed by atoms with Crippen molar-refractivity contribution in [1.82, 2.24) is 9.88 Å². The molecule has 1 aromatic carbocycles. The Morgan fingerprint density at radius 3 is 2.17 bits per heavy atom. The number of para-hydroxylation sites is 1. The lowest BCUT2D eigenvalue weighted by atomic mass is 10.0. The van der Waals surface area contributed by atoms with Crippen LogP contribution in [0.1, 0.15) is 24.2 Å². The standard InChI is InChI=1S/C18H21N3O3/c1-18(2,17(23)24)21(4)16(22)13-10-11-15(19-12-13)20(3)14-8-6-5-7-9-14/h5-12H,1-4H3,(H,23,24). The number of carbonyl (C=O) groups excluding carboxylic acids is 1. The summed E-state index contributed by atoms with van der Waals surface area (Å²) in [6.45, 7) is 2.97. The molecule has 0 atom stereocenters. The monoisotopic (exact) mass is 327 g/mol. The van der Waals surface area contributed by atoms with Crippen LogP contribution in [0.15, 0.2) is 48.7 Å². The van der Waals surface area contributed by atoms with Crippen molar-refractivity contribution in [2.24, 2.45) is 0 Å². The van der Waals surface area contributed by atoms with E-state index in [1.54, 1.807) is 12.1 Å². The van der Waals surface area contributed by atoms with Gasteiger partial charge in [0.05, 0.1) is 5.56 Å². The van der Waals surface area contributed by atoms with Crippen LogP contribution in [0.3, 0.4) is 0 Å². The fourth-order valence-electron chi connectivity index (χ4n) is 2.09. The second-order valence-corrected chi connectivity index (χ2v) is 6.03. The van der Waals surface area contributed by atoms with Crippen LogP contribution < -0.4 is 4.90 Å². The van der Waals surface area contributed by atoms with Gasteiger partial charge in [-0.3, -0.25) is 4.79 Å². The molecule has 24 heavy (non-hydrogen) atoms. The van der Waals surface area contributed by atoms with Gasteiger partial charge in [-0.2, -0.15) is 0 Å². The minimum atomic E-state index is -1.30. The Balaban J connectivity index is 2.20. The lowest BCUT2D eigenvalue weighted by Gasteiger charge is -2.31. The number of amides is 1. The Bertz CT molecular complexity index is 727. The summed E-state index contributed by atoms with van der Waals surface area (Å²) in [7, 11) is 3.36. The zero-order chi connectivity index (χ0) is 17.9. The molecule has 0 radical (unpaired) electrons. The van der Waals surface area contributed by atoms with Gasteiger partial charge in [-0.1, -0.05) is 18.2 Å². The first-order valence-electron chi connectivity index (χ1n) is 7.51. The molecule has 0 unspecified atom stereocenters. The van der Waals surface area contributed by atoms with Gasteiger partial charge in [0.1, 0.15) is 11.4 Å². The molecule has 1 heterocycles. The number of anilines is 2. The molecule has 2 rings (SSSR count). The lowest BCUT2D eigenvalue weighted by Crippen LogP contribution is -2.50. The molecule has 0 fully saturated rings. The summed E-state index contributed by atoms with van der Waals surface area (Å²) in [6, 6.07) is 13.1. The first kappa shape index (κ1) is 17.5. The number of carboxylic acid groups (broad SMARTS) is 1. The highest BCUT2D eigenvalue weighted by Gasteiger charge is 2.35. The van der Waals surface area contributed by atoms with Crippen LogP contribution in [0.5, 0.6) is 0 Å². The van der Waals surface area contributed by atoms with Gasteiger partial charge in [-0.15, -0.1) is 0 Å². The third-order valence-corrected chi connectivity index (χ3v) is 4.15. The SMILES string of the molecule is CN(c1ccccc1)c1ccc(C(=O)N(C)C(C)(C)C(=O)O)cn1. The predicted octanol–water partition coefficient (Wildman–Crippen LogP) is 2.78.